The van der Waals surface area contributed by atoms with Crippen LogP contribution in [-0.4, -0.2) is 58.4 Å². The van der Waals surface area contributed by atoms with Gasteiger partial charge in [-0.2, -0.15) is 0 Å². The van der Waals surface area contributed by atoms with Crippen LogP contribution in [0.25, 0.3) is 11.3 Å². The molecule has 6 rings (SSSR count). The van der Waals surface area contributed by atoms with Crippen LogP contribution < -0.4 is 16.2 Å². The molecule has 0 spiro atoms. The van der Waals surface area contributed by atoms with Crippen LogP contribution in [0.5, 0.6) is 0 Å². The minimum atomic E-state index is -0.560. The van der Waals surface area contributed by atoms with Crippen molar-refractivity contribution < 1.29 is 14.0 Å². The van der Waals surface area contributed by atoms with Gasteiger partial charge >= 0.3 is 0 Å². The molecule has 11 heteroatoms. The zero-order valence-corrected chi connectivity index (χ0v) is 25.1. The Balaban J connectivity index is 1.23. The number of aryl methyl sites for hydroxylation is 3. The van der Waals surface area contributed by atoms with Crippen molar-refractivity contribution in [3.8, 4) is 11.3 Å². The molecule has 1 fully saturated rings. The molecule has 2 aliphatic rings. The molecular weight excluding hydrogens is 567 g/mol. The van der Waals surface area contributed by atoms with Gasteiger partial charge in [0.1, 0.15) is 11.9 Å². The number of rotatable bonds is 6. The van der Waals surface area contributed by atoms with Gasteiger partial charge in [-0.25, -0.2) is 9.37 Å². The quantitative estimate of drug-likeness (QED) is 0.324. The predicted molar refractivity (Wildman–Crippen MR) is 167 cm³/mol. The van der Waals surface area contributed by atoms with Crippen LogP contribution in [0.4, 0.5) is 21.6 Å². The molecule has 1 atom stereocenters. The highest BCUT2D eigenvalue weighted by molar-refractivity contribution is 7.14. The van der Waals surface area contributed by atoms with Gasteiger partial charge in [-0.15, -0.1) is 11.3 Å². The highest BCUT2D eigenvalue weighted by Crippen LogP contribution is 2.31. The standard InChI is InChI=1S/C32H33FN6O3S/c1-37-14-15-38(2)31(41)28(37)19-8-11-22(12-9-19)34-29-32(42)39(3)18-25(35-29)20-10-13-23(33)24(16-20)36-30(40)27-17-21-6-4-5-7-26(21)43-27/h8-13,16-18,28H,4-7,14-15H2,1-3H3,(H,34,35)(H,36,40)/t28-/m0/s1. The molecule has 1 aliphatic heterocycles. The van der Waals surface area contributed by atoms with E-state index >= 15 is 0 Å². The first-order chi connectivity index (χ1) is 20.7. The molecule has 0 radical (unpaired) electrons. The third kappa shape index (κ3) is 5.82. The summed E-state index contributed by atoms with van der Waals surface area (Å²) in [6.45, 7) is 1.47. The summed E-state index contributed by atoms with van der Waals surface area (Å²) in [6, 6.07) is 13.3. The van der Waals surface area contributed by atoms with Crippen LogP contribution in [0.1, 0.15) is 44.6 Å². The highest BCUT2D eigenvalue weighted by Gasteiger charge is 2.32. The Labute approximate surface area is 253 Å². The summed E-state index contributed by atoms with van der Waals surface area (Å²) in [5, 5.41) is 5.81. The molecule has 2 amide bonds. The molecule has 1 aliphatic carbocycles. The van der Waals surface area contributed by atoms with Crippen molar-refractivity contribution >= 4 is 40.3 Å². The molecule has 2 aromatic heterocycles. The average Bonchev–Trinajstić information content (AvgIpc) is 3.44. The average molecular weight is 601 g/mol. The van der Waals surface area contributed by atoms with Crippen molar-refractivity contribution in [3.05, 3.63) is 91.8 Å². The first-order valence-electron chi connectivity index (χ1n) is 14.3. The molecule has 2 N–H and O–H groups in total. The SMILES string of the molecule is CN1CCN(C)[C@@H](c2ccc(Nc3nc(-c4ccc(F)c(NC(=O)c5cc6c(s5)CCCC6)c4)cn(C)c3=O)cc2)C1=O. The van der Waals surface area contributed by atoms with Crippen LogP contribution >= 0.6 is 11.3 Å². The number of piperazine rings is 1. The minimum absolute atomic E-state index is 0.0436. The van der Waals surface area contributed by atoms with E-state index in [-0.39, 0.29) is 34.9 Å². The Morgan fingerprint density at radius 3 is 2.53 bits per heavy atom. The summed E-state index contributed by atoms with van der Waals surface area (Å²) in [5.41, 5.74) is 3.39. The van der Waals surface area contributed by atoms with Crippen molar-refractivity contribution in [1.29, 1.82) is 0 Å². The second kappa shape index (κ2) is 11.7. The molecule has 4 aromatic rings. The normalized spacial score (nSPS) is 17.1. The van der Waals surface area contributed by atoms with E-state index in [1.54, 1.807) is 31.3 Å². The first-order valence-corrected chi connectivity index (χ1v) is 15.1. The Morgan fingerprint density at radius 2 is 1.77 bits per heavy atom. The molecule has 0 bridgehead atoms. The van der Waals surface area contributed by atoms with Crippen molar-refractivity contribution in [2.24, 2.45) is 7.05 Å². The maximum atomic E-state index is 14.8. The van der Waals surface area contributed by atoms with Gasteiger partial charge < -0.3 is 20.1 Å². The fraction of sp³-hybridized carbons (Fsp3) is 0.312. The Morgan fingerprint density at radius 1 is 1.00 bits per heavy atom. The van der Waals surface area contributed by atoms with Crippen molar-refractivity contribution in [1.82, 2.24) is 19.4 Å². The number of aromatic nitrogens is 2. The maximum absolute atomic E-state index is 14.8. The first kappa shape index (κ1) is 28.8. The van der Waals surface area contributed by atoms with Crippen molar-refractivity contribution in [2.75, 3.05) is 37.8 Å². The molecule has 2 aromatic carbocycles. The lowest BCUT2D eigenvalue weighted by atomic mass is 9.99. The topological polar surface area (TPSA) is 99.6 Å². The lowest BCUT2D eigenvalue weighted by Gasteiger charge is -2.37. The minimum Gasteiger partial charge on any atom is -0.343 e. The summed E-state index contributed by atoms with van der Waals surface area (Å²) in [4.78, 5) is 48.8. The number of likely N-dealkylation sites (N-methyl/N-ethyl adjacent to an activating group) is 2. The predicted octanol–water partition coefficient (Wildman–Crippen LogP) is 4.97. The van der Waals surface area contributed by atoms with Gasteiger partial charge in [0.15, 0.2) is 5.82 Å². The Bertz CT molecular complexity index is 1740. The smallest absolute Gasteiger partial charge is 0.293 e. The van der Waals surface area contributed by atoms with Crippen LogP contribution in [0, 0.1) is 5.82 Å². The molecule has 43 heavy (non-hydrogen) atoms. The van der Waals surface area contributed by atoms with Gasteiger partial charge in [-0.05, 0) is 80.3 Å². The van der Waals surface area contributed by atoms with Crippen molar-refractivity contribution in [2.45, 2.75) is 31.7 Å². The lowest BCUT2D eigenvalue weighted by Crippen LogP contribution is -2.48. The number of amides is 2. The van der Waals surface area contributed by atoms with Crippen molar-refractivity contribution in [3.63, 3.8) is 0 Å². The zero-order valence-electron chi connectivity index (χ0n) is 24.3. The lowest BCUT2D eigenvalue weighted by molar-refractivity contribution is -0.139. The molecule has 1 saturated heterocycles. The van der Waals surface area contributed by atoms with E-state index in [4.69, 9.17) is 0 Å². The third-order valence-electron chi connectivity index (χ3n) is 8.13. The summed E-state index contributed by atoms with van der Waals surface area (Å²) < 4.78 is 16.2. The third-order valence-corrected chi connectivity index (χ3v) is 9.37. The Hall–Kier alpha value is -4.35. The van der Waals surface area contributed by atoms with Crippen LogP contribution in [0.3, 0.4) is 0 Å². The van der Waals surface area contributed by atoms with Crippen LogP contribution in [0.15, 0.2) is 59.5 Å². The van der Waals surface area contributed by atoms with E-state index in [1.807, 2.05) is 42.3 Å². The summed E-state index contributed by atoms with van der Waals surface area (Å²) in [6.07, 6.45) is 5.76. The van der Waals surface area contributed by atoms with Gasteiger partial charge in [0.05, 0.1) is 16.3 Å². The second-order valence-electron chi connectivity index (χ2n) is 11.2. The number of anilines is 3. The molecule has 3 heterocycles. The molecular formula is C32H33FN6O3S. The largest absolute Gasteiger partial charge is 0.343 e. The fourth-order valence-electron chi connectivity index (χ4n) is 5.62. The summed E-state index contributed by atoms with van der Waals surface area (Å²) >= 11 is 1.47. The second-order valence-corrected chi connectivity index (χ2v) is 12.3. The number of thiophene rings is 1. The van der Waals surface area contributed by atoms with Gasteiger partial charge in [-0.1, -0.05) is 12.1 Å². The van der Waals surface area contributed by atoms with Crippen LogP contribution in [0.2, 0.25) is 0 Å². The number of carbonyl (C=O) groups excluding carboxylic acids is 2. The number of fused-ring (bicyclic) bond motifs is 1. The molecule has 222 valence electrons. The van der Waals surface area contributed by atoms with Crippen LogP contribution in [-0.2, 0) is 24.7 Å². The molecule has 0 unspecified atom stereocenters. The maximum Gasteiger partial charge on any atom is 0.293 e. The van der Waals surface area contributed by atoms with Gasteiger partial charge in [0.2, 0.25) is 5.91 Å². The van der Waals surface area contributed by atoms with E-state index in [9.17, 15) is 18.8 Å². The number of carbonyl (C=O) groups is 2. The van der Waals surface area contributed by atoms with Gasteiger partial charge in [-0.3, -0.25) is 19.3 Å². The van der Waals surface area contributed by atoms with E-state index in [0.717, 1.165) is 37.8 Å². The number of hydrogen-bond donors (Lipinski definition) is 2. The zero-order chi connectivity index (χ0) is 30.2. The number of nitrogens with one attached hydrogen (secondary N) is 2. The Kier molecular flexibility index (Phi) is 7.85. The van der Waals surface area contributed by atoms with Gasteiger partial charge in [0.25, 0.3) is 11.5 Å². The number of benzene rings is 2. The molecule has 0 saturated carbocycles. The summed E-state index contributed by atoms with van der Waals surface area (Å²) in [7, 11) is 5.36. The monoisotopic (exact) mass is 600 g/mol. The fourth-order valence-corrected chi connectivity index (χ4v) is 6.77. The highest BCUT2D eigenvalue weighted by atomic mass is 32.1. The summed E-state index contributed by atoms with van der Waals surface area (Å²) in [5.74, 6) is -0.767. The number of nitrogens with zero attached hydrogens (tertiary/aromatic N) is 4. The number of halogens is 1. The molecule has 9 nitrogen and oxygen atoms in total. The van der Waals surface area contributed by atoms with E-state index in [1.165, 1.54) is 38.5 Å². The van der Waals surface area contributed by atoms with E-state index in [0.29, 0.717) is 28.4 Å². The number of hydrogen-bond acceptors (Lipinski definition) is 7. The van der Waals surface area contributed by atoms with E-state index < -0.39 is 5.82 Å². The van der Waals surface area contributed by atoms with E-state index in [2.05, 4.69) is 15.6 Å². The van der Waals surface area contributed by atoms with Gasteiger partial charge in [0, 0.05) is 49.5 Å².